The predicted octanol–water partition coefficient (Wildman–Crippen LogP) is 3.66. The van der Waals surface area contributed by atoms with E-state index in [9.17, 15) is 9.59 Å². The van der Waals surface area contributed by atoms with E-state index in [0.717, 1.165) is 0 Å². The van der Waals surface area contributed by atoms with Crippen LogP contribution in [0, 0.1) is 0 Å². The van der Waals surface area contributed by atoms with Gasteiger partial charge in [0.25, 0.3) is 0 Å². The summed E-state index contributed by atoms with van der Waals surface area (Å²) in [5, 5.41) is 3.01. The number of carbonyl (C=O) groups excluding carboxylic acids is 2. The van der Waals surface area contributed by atoms with Gasteiger partial charge < -0.3 is 20.5 Å². The molecule has 3 aromatic rings. The van der Waals surface area contributed by atoms with Gasteiger partial charge in [0.2, 0.25) is 17.7 Å². The Balaban J connectivity index is 1.84. The monoisotopic (exact) mass is 442 g/mol. The van der Waals surface area contributed by atoms with E-state index in [1.54, 1.807) is 48.5 Å². The van der Waals surface area contributed by atoms with Crippen molar-refractivity contribution < 1.29 is 19.1 Å². The molecule has 0 aliphatic heterocycles. The average Bonchev–Trinajstić information content (AvgIpc) is 2.70. The number of nitrogens with zero attached hydrogens (tertiary/aromatic N) is 2. The molecular formula is C19H15BrN4O4. The van der Waals surface area contributed by atoms with Crippen molar-refractivity contribution in [3.63, 3.8) is 0 Å². The average molecular weight is 443 g/mol. The van der Waals surface area contributed by atoms with Crippen molar-refractivity contribution in [3.05, 3.63) is 70.3 Å². The zero-order valence-electron chi connectivity index (χ0n) is 14.7. The minimum absolute atomic E-state index is 0.211. The van der Waals surface area contributed by atoms with E-state index in [0.29, 0.717) is 21.5 Å². The fourth-order valence-corrected chi connectivity index (χ4v) is 2.54. The third kappa shape index (κ3) is 4.44. The largest absolute Gasteiger partial charge is 0.465 e. The Hall–Kier alpha value is -3.46. The summed E-state index contributed by atoms with van der Waals surface area (Å²) in [4.78, 5) is 31.5. The van der Waals surface area contributed by atoms with Gasteiger partial charge in [-0.1, -0.05) is 12.1 Å². The smallest absolute Gasteiger partial charge is 0.341 e. The maximum atomic E-state index is 11.9. The number of hydrogen-bond acceptors (Lipinski definition) is 7. The van der Waals surface area contributed by atoms with Crippen LogP contribution in [0.1, 0.15) is 20.7 Å². The number of methoxy groups -OCH3 is 1. The summed E-state index contributed by atoms with van der Waals surface area (Å²) in [6, 6.07) is 13.2. The molecule has 2 aromatic carbocycles. The molecule has 0 aliphatic carbocycles. The van der Waals surface area contributed by atoms with Gasteiger partial charge in [-0.05, 0) is 52.3 Å². The van der Waals surface area contributed by atoms with Crippen LogP contribution in [-0.2, 0) is 4.74 Å². The van der Waals surface area contributed by atoms with E-state index < -0.39 is 11.9 Å². The van der Waals surface area contributed by atoms with Crippen LogP contribution in [0.15, 0.2) is 59.2 Å². The van der Waals surface area contributed by atoms with Crippen LogP contribution < -0.4 is 15.8 Å². The number of ether oxygens (including phenoxy) is 2. The molecule has 0 radical (unpaired) electrons. The lowest BCUT2D eigenvalue weighted by Crippen LogP contribution is -2.10. The van der Waals surface area contributed by atoms with Gasteiger partial charge >= 0.3 is 5.97 Å². The molecule has 3 N–H and O–H groups in total. The molecule has 1 heterocycles. The first-order valence-corrected chi connectivity index (χ1v) is 8.82. The number of carbonyl (C=O) groups is 2. The van der Waals surface area contributed by atoms with Crippen molar-refractivity contribution in [2.45, 2.75) is 0 Å². The second kappa shape index (κ2) is 8.49. The number of nitrogens with one attached hydrogen (secondary N) is 1. The van der Waals surface area contributed by atoms with Gasteiger partial charge in [0.1, 0.15) is 11.3 Å². The van der Waals surface area contributed by atoms with Gasteiger partial charge in [-0.3, -0.25) is 4.79 Å². The molecule has 0 aliphatic rings. The molecule has 142 valence electrons. The van der Waals surface area contributed by atoms with Crippen LogP contribution in [0.2, 0.25) is 0 Å². The number of para-hydroxylation sites is 1. The highest BCUT2D eigenvalue weighted by atomic mass is 79.9. The molecule has 0 unspecified atom stereocenters. The number of amides is 1. The molecular weight excluding hydrogens is 428 g/mol. The molecule has 0 spiro atoms. The number of primary amides is 1. The van der Waals surface area contributed by atoms with E-state index in [1.807, 2.05) is 0 Å². The molecule has 8 nitrogen and oxygen atoms in total. The number of rotatable bonds is 6. The molecule has 0 atom stereocenters. The second-order valence-electron chi connectivity index (χ2n) is 5.50. The first-order chi connectivity index (χ1) is 13.5. The molecule has 0 fully saturated rings. The number of anilines is 2. The lowest BCUT2D eigenvalue weighted by atomic mass is 10.2. The fourth-order valence-electron chi connectivity index (χ4n) is 2.27. The van der Waals surface area contributed by atoms with Crippen molar-refractivity contribution >= 4 is 39.4 Å². The summed E-state index contributed by atoms with van der Waals surface area (Å²) in [6.45, 7) is 0. The SMILES string of the molecule is COC(=O)c1ccccc1Oc1nc(Nc2ccc(C(N)=O)cc2)ncc1Br. The first-order valence-electron chi connectivity index (χ1n) is 8.02. The highest BCUT2D eigenvalue weighted by Gasteiger charge is 2.15. The third-order valence-electron chi connectivity index (χ3n) is 3.64. The van der Waals surface area contributed by atoms with E-state index >= 15 is 0 Å². The number of aromatic nitrogens is 2. The Morgan fingerprint density at radius 1 is 1.11 bits per heavy atom. The summed E-state index contributed by atoms with van der Waals surface area (Å²) in [5.41, 5.74) is 6.56. The van der Waals surface area contributed by atoms with Gasteiger partial charge in [0.05, 0.1) is 17.8 Å². The molecule has 1 aromatic heterocycles. The highest BCUT2D eigenvalue weighted by molar-refractivity contribution is 9.10. The lowest BCUT2D eigenvalue weighted by molar-refractivity contribution is 0.0597. The van der Waals surface area contributed by atoms with Crippen LogP contribution in [0.5, 0.6) is 11.6 Å². The van der Waals surface area contributed by atoms with Crippen LogP contribution >= 0.6 is 15.9 Å². The topological polar surface area (TPSA) is 116 Å². The highest BCUT2D eigenvalue weighted by Crippen LogP contribution is 2.31. The van der Waals surface area contributed by atoms with Crippen molar-refractivity contribution in [1.29, 1.82) is 0 Å². The molecule has 1 amide bonds. The summed E-state index contributed by atoms with van der Waals surface area (Å²) in [6.07, 6.45) is 1.52. The number of nitrogens with two attached hydrogens (primary N) is 1. The Labute approximate surface area is 168 Å². The second-order valence-corrected chi connectivity index (χ2v) is 6.36. The molecule has 0 saturated heterocycles. The Morgan fingerprint density at radius 2 is 1.82 bits per heavy atom. The molecule has 3 rings (SSSR count). The molecule has 0 saturated carbocycles. The first kappa shape index (κ1) is 19.3. The van der Waals surface area contributed by atoms with E-state index in [2.05, 4.69) is 31.2 Å². The van der Waals surface area contributed by atoms with Crippen molar-refractivity contribution in [3.8, 4) is 11.6 Å². The van der Waals surface area contributed by atoms with Crippen LogP contribution in [-0.4, -0.2) is 29.0 Å². The molecule has 9 heteroatoms. The minimum atomic E-state index is -0.520. The molecule has 0 bridgehead atoms. The van der Waals surface area contributed by atoms with Crippen molar-refractivity contribution in [2.24, 2.45) is 5.73 Å². The van der Waals surface area contributed by atoms with E-state index in [4.69, 9.17) is 15.2 Å². The zero-order valence-corrected chi connectivity index (χ0v) is 16.3. The summed E-state index contributed by atoms with van der Waals surface area (Å²) in [7, 11) is 1.30. The Kier molecular flexibility index (Phi) is 5.85. The summed E-state index contributed by atoms with van der Waals surface area (Å²) in [5.74, 6) is -0.256. The Morgan fingerprint density at radius 3 is 2.50 bits per heavy atom. The maximum Gasteiger partial charge on any atom is 0.341 e. The van der Waals surface area contributed by atoms with Gasteiger partial charge in [0, 0.05) is 11.3 Å². The van der Waals surface area contributed by atoms with Crippen LogP contribution in [0.3, 0.4) is 0 Å². The van der Waals surface area contributed by atoms with Crippen molar-refractivity contribution in [2.75, 3.05) is 12.4 Å². The predicted molar refractivity (Wildman–Crippen MR) is 106 cm³/mol. The quantitative estimate of drug-likeness (QED) is 0.559. The van der Waals surface area contributed by atoms with Gasteiger partial charge in [0.15, 0.2) is 0 Å². The van der Waals surface area contributed by atoms with Gasteiger partial charge in [-0.25, -0.2) is 9.78 Å². The fraction of sp³-hybridized carbons (Fsp3) is 0.0526. The van der Waals surface area contributed by atoms with E-state index in [-0.39, 0.29) is 17.4 Å². The molecule has 28 heavy (non-hydrogen) atoms. The van der Waals surface area contributed by atoms with Gasteiger partial charge in [-0.15, -0.1) is 0 Å². The number of esters is 1. The van der Waals surface area contributed by atoms with Crippen molar-refractivity contribution in [1.82, 2.24) is 9.97 Å². The van der Waals surface area contributed by atoms with E-state index in [1.165, 1.54) is 13.3 Å². The van der Waals surface area contributed by atoms with Gasteiger partial charge in [-0.2, -0.15) is 4.98 Å². The maximum absolute atomic E-state index is 11.9. The summed E-state index contributed by atoms with van der Waals surface area (Å²) >= 11 is 3.33. The Bertz CT molecular complexity index is 1020. The minimum Gasteiger partial charge on any atom is -0.465 e. The van der Waals surface area contributed by atoms with Crippen LogP contribution in [0.25, 0.3) is 0 Å². The lowest BCUT2D eigenvalue weighted by Gasteiger charge is -2.11. The standard InChI is InChI=1S/C19H15BrN4O4/c1-27-18(26)13-4-2-3-5-15(13)28-17-14(20)10-22-19(24-17)23-12-8-6-11(7-9-12)16(21)25/h2-10H,1H3,(H2,21,25)(H,22,23,24). The zero-order chi connectivity index (χ0) is 20.1. The third-order valence-corrected chi connectivity index (χ3v) is 4.18. The number of benzene rings is 2. The normalized spacial score (nSPS) is 10.2. The number of halogens is 1. The number of hydrogen-bond donors (Lipinski definition) is 2. The summed E-state index contributed by atoms with van der Waals surface area (Å²) < 4.78 is 11.1. The van der Waals surface area contributed by atoms with Crippen LogP contribution in [0.4, 0.5) is 11.6 Å².